The standard InChI is InChI=1S/C19H17N5O4/c25-19(13-23-12-17(11-21-23)24(26)27)22-20-10-15-6-8-18(9-7-15)28-14-16-4-2-1-3-5-16/h1-12H,13-14H2,(H,22,25)/b20-10-. The highest BCUT2D eigenvalue weighted by molar-refractivity contribution is 5.82. The third-order valence-corrected chi connectivity index (χ3v) is 3.67. The Hall–Kier alpha value is -4.01. The van der Waals surface area contributed by atoms with Crippen LogP contribution >= 0.6 is 0 Å². The van der Waals surface area contributed by atoms with Gasteiger partial charge in [0.2, 0.25) is 0 Å². The zero-order valence-corrected chi connectivity index (χ0v) is 14.8. The highest BCUT2D eigenvalue weighted by Gasteiger charge is 2.10. The van der Waals surface area contributed by atoms with Crippen molar-refractivity contribution in [3.63, 3.8) is 0 Å². The molecule has 0 spiro atoms. The lowest BCUT2D eigenvalue weighted by molar-refractivity contribution is -0.385. The third kappa shape index (κ3) is 5.49. The van der Waals surface area contributed by atoms with Crippen LogP contribution in [0.1, 0.15) is 11.1 Å². The van der Waals surface area contributed by atoms with Gasteiger partial charge >= 0.3 is 5.69 Å². The number of aromatic nitrogens is 2. The number of carbonyl (C=O) groups excluding carboxylic acids is 1. The molecule has 0 aliphatic rings. The van der Waals surface area contributed by atoms with Gasteiger partial charge in [-0.1, -0.05) is 30.3 Å². The molecule has 0 saturated carbocycles. The Balaban J connectivity index is 1.46. The molecule has 3 aromatic rings. The fourth-order valence-electron chi connectivity index (χ4n) is 2.29. The number of rotatable bonds is 8. The molecule has 9 heteroatoms. The van der Waals surface area contributed by atoms with E-state index < -0.39 is 10.8 Å². The van der Waals surface area contributed by atoms with Crippen molar-refractivity contribution in [2.75, 3.05) is 0 Å². The summed E-state index contributed by atoms with van der Waals surface area (Å²) >= 11 is 0. The minimum atomic E-state index is -0.577. The molecular formula is C19H17N5O4. The summed E-state index contributed by atoms with van der Waals surface area (Å²) in [7, 11) is 0. The van der Waals surface area contributed by atoms with Gasteiger partial charge < -0.3 is 4.74 Å². The van der Waals surface area contributed by atoms with E-state index >= 15 is 0 Å². The van der Waals surface area contributed by atoms with Crippen molar-refractivity contribution in [2.24, 2.45) is 5.10 Å². The monoisotopic (exact) mass is 379 g/mol. The Labute approximate surface area is 160 Å². The first-order valence-electron chi connectivity index (χ1n) is 8.36. The van der Waals surface area contributed by atoms with Gasteiger partial charge in [-0.3, -0.25) is 19.6 Å². The van der Waals surface area contributed by atoms with Crippen molar-refractivity contribution >= 4 is 17.8 Å². The Morgan fingerprint density at radius 2 is 1.96 bits per heavy atom. The molecule has 0 aliphatic heterocycles. The molecule has 0 unspecified atom stereocenters. The number of nitrogens with zero attached hydrogens (tertiary/aromatic N) is 4. The first kappa shape index (κ1) is 18.8. The SMILES string of the molecule is O=C(Cn1cc([N+](=O)[O-])cn1)N/N=C\c1ccc(OCc2ccccc2)cc1. The van der Waals surface area contributed by atoms with Crippen LogP contribution in [0.15, 0.2) is 72.1 Å². The summed E-state index contributed by atoms with van der Waals surface area (Å²) in [6.45, 7) is 0.313. The number of benzene rings is 2. The molecule has 0 atom stereocenters. The highest BCUT2D eigenvalue weighted by Crippen LogP contribution is 2.13. The molecule has 9 nitrogen and oxygen atoms in total. The van der Waals surface area contributed by atoms with Crippen LogP contribution < -0.4 is 10.2 Å². The zero-order valence-electron chi connectivity index (χ0n) is 14.8. The molecular weight excluding hydrogens is 362 g/mol. The third-order valence-electron chi connectivity index (χ3n) is 3.67. The van der Waals surface area contributed by atoms with Crippen molar-refractivity contribution in [1.29, 1.82) is 0 Å². The Morgan fingerprint density at radius 3 is 2.64 bits per heavy atom. The molecule has 1 N–H and O–H groups in total. The number of nitro groups is 1. The van der Waals surface area contributed by atoms with Crippen molar-refractivity contribution in [3.8, 4) is 5.75 Å². The van der Waals surface area contributed by atoms with Gasteiger partial charge in [-0.05, 0) is 35.4 Å². The van der Waals surface area contributed by atoms with E-state index in [0.717, 1.165) is 23.1 Å². The first-order valence-corrected chi connectivity index (χ1v) is 8.36. The summed E-state index contributed by atoms with van der Waals surface area (Å²) in [5.74, 6) is 0.280. The van der Waals surface area contributed by atoms with Crippen LogP contribution in [0.3, 0.4) is 0 Å². The molecule has 0 aliphatic carbocycles. The lowest BCUT2D eigenvalue weighted by Crippen LogP contribution is -2.23. The molecule has 28 heavy (non-hydrogen) atoms. The predicted molar refractivity (Wildman–Crippen MR) is 102 cm³/mol. The second-order valence-electron chi connectivity index (χ2n) is 5.79. The van der Waals surface area contributed by atoms with Gasteiger partial charge in [-0.25, -0.2) is 5.43 Å². The quantitative estimate of drug-likeness (QED) is 0.367. The first-order chi connectivity index (χ1) is 13.6. The summed E-state index contributed by atoms with van der Waals surface area (Å²) in [6, 6.07) is 17.1. The lowest BCUT2D eigenvalue weighted by Gasteiger charge is -2.06. The van der Waals surface area contributed by atoms with Crippen LogP contribution in [0, 0.1) is 10.1 Å². The number of amides is 1. The maximum Gasteiger partial charge on any atom is 0.307 e. The van der Waals surface area contributed by atoms with Crippen LogP contribution in [-0.4, -0.2) is 26.8 Å². The van der Waals surface area contributed by atoms with Crippen LogP contribution in [-0.2, 0) is 17.9 Å². The maximum atomic E-state index is 11.8. The van der Waals surface area contributed by atoms with E-state index in [1.54, 1.807) is 0 Å². The Morgan fingerprint density at radius 1 is 1.21 bits per heavy atom. The lowest BCUT2D eigenvalue weighted by atomic mass is 10.2. The number of hydrazone groups is 1. The predicted octanol–water partition coefficient (Wildman–Crippen LogP) is 2.52. The highest BCUT2D eigenvalue weighted by atomic mass is 16.6. The van der Waals surface area contributed by atoms with Gasteiger partial charge in [-0.2, -0.15) is 10.2 Å². The van der Waals surface area contributed by atoms with Crippen molar-refractivity contribution in [1.82, 2.24) is 15.2 Å². The van der Waals surface area contributed by atoms with E-state index in [1.165, 1.54) is 17.1 Å². The average Bonchev–Trinajstić information content (AvgIpc) is 3.17. The van der Waals surface area contributed by atoms with E-state index in [9.17, 15) is 14.9 Å². The summed E-state index contributed by atoms with van der Waals surface area (Å²) in [4.78, 5) is 21.8. The maximum absolute atomic E-state index is 11.8. The van der Waals surface area contributed by atoms with Gasteiger partial charge in [-0.15, -0.1) is 0 Å². The number of ether oxygens (including phenoxy) is 1. The molecule has 1 heterocycles. The molecule has 142 valence electrons. The van der Waals surface area contributed by atoms with E-state index in [2.05, 4.69) is 15.6 Å². The fourth-order valence-corrected chi connectivity index (χ4v) is 2.29. The zero-order chi connectivity index (χ0) is 19.8. The van der Waals surface area contributed by atoms with E-state index in [-0.39, 0.29) is 12.2 Å². The largest absolute Gasteiger partial charge is 0.489 e. The normalized spacial score (nSPS) is 10.7. The van der Waals surface area contributed by atoms with Gasteiger partial charge in [0.1, 0.15) is 31.3 Å². The van der Waals surface area contributed by atoms with Crippen molar-refractivity contribution in [3.05, 3.63) is 88.2 Å². The van der Waals surface area contributed by atoms with E-state index in [1.807, 2.05) is 54.6 Å². The van der Waals surface area contributed by atoms with Crippen molar-refractivity contribution < 1.29 is 14.5 Å². The molecule has 0 radical (unpaired) electrons. The van der Waals surface area contributed by atoms with Crippen LogP contribution in [0.4, 0.5) is 5.69 Å². The minimum absolute atomic E-state index is 0.169. The fraction of sp³-hybridized carbons (Fsp3) is 0.105. The number of carbonyl (C=O) groups is 1. The number of hydrogen-bond acceptors (Lipinski definition) is 6. The van der Waals surface area contributed by atoms with Crippen LogP contribution in [0.5, 0.6) is 5.75 Å². The molecule has 0 fully saturated rings. The summed E-state index contributed by atoms with van der Waals surface area (Å²) in [5.41, 5.74) is 4.03. The van der Waals surface area contributed by atoms with E-state index in [0.29, 0.717) is 6.61 Å². The Kier molecular flexibility index (Phi) is 6.09. The van der Waals surface area contributed by atoms with Crippen LogP contribution in [0.2, 0.25) is 0 Å². The molecule has 0 bridgehead atoms. The molecule has 3 rings (SSSR count). The molecule has 1 amide bonds. The van der Waals surface area contributed by atoms with Gasteiger partial charge in [0, 0.05) is 0 Å². The summed E-state index contributed by atoms with van der Waals surface area (Å²) in [6.07, 6.45) is 3.75. The topological polar surface area (TPSA) is 112 Å². The van der Waals surface area contributed by atoms with Crippen molar-refractivity contribution in [2.45, 2.75) is 13.2 Å². The number of hydrogen-bond donors (Lipinski definition) is 1. The average molecular weight is 379 g/mol. The number of nitrogens with one attached hydrogen (secondary N) is 1. The van der Waals surface area contributed by atoms with Gasteiger partial charge in [0.05, 0.1) is 11.1 Å². The second-order valence-corrected chi connectivity index (χ2v) is 5.79. The molecule has 1 aromatic heterocycles. The smallest absolute Gasteiger partial charge is 0.307 e. The van der Waals surface area contributed by atoms with E-state index in [4.69, 9.17) is 4.74 Å². The molecule has 0 saturated heterocycles. The Bertz CT molecular complexity index is 968. The van der Waals surface area contributed by atoms with Gasteiger partial charge in [0.25, 0.3) is 5.91 Å². The summed E-state index contributed by atoms with van der Waals surface area (Å²) in [5, 5.41) is 18.2. The minimum Gasteiger partial charge on any atom is -0.489 e. The molecule has 2 aromatic carbocycles. The van der Waals surface area contributed by atoms with Gasteiger partial charge in [0.15, 0.2) is 0 Å². The second kappa shape index (κ2) is 9.08. The van der Waals surface area contributed by atoms with Crippen LogP contribution in [0.25, 0.3) is 0 Å². The summed E-state index contributed by atoms with van der Waals surface area (Å²) < 4.78 is 6.87.